The fourth-order valence-corrected chi connectivity index (χ4v) is 8.10. The molecule has 2 aromatic carbocycles. The van der Waals surface area contributed by atoms with Crippen LogP contribution in [0.2, 0.25) is 0 Å². The second kappa shape index (κ2) is 10.0. The molecule has 232 valence electrons. The summed E-state index contributed by atoms with van der Waals surface area (Å²) in [6.45, 7) is 3.99. The molecule has 3 fully saturated rings. The Morgan fingerprint density at radius 1 is 1.00 bits per heavy atom. The number of amides is 1. The number of rotatable bonds is 6. The van der Waals surface area contributed by atoms with Crippen molar-refractivity contribution in [1.29, 1.82) is 0 Å². The number of aromatic amines is 1. The van der Waals surface area contributed by atoms with E-state index in [0.29, 0.717) is 40.5 Å². The minimum absolute atomic E-state index is 0.0735. The standard InChI is InChI=1S/C37H36N6O3/c1-20-25-8-11-30(20)43(19-25)37(45)26-15-29-33(32(17-26)46-3)41(2)35(40-29)31-16-24-7-10-28(39-34(24)42(31)18-21-4-5-21)23-6-9-27-22(14-23)12-13-38-36(27)44/h6-7,9-10,12-17,20-21,25,30H,4-5,8,11,18-19H2,1-3H3,(H,38,44)/t20-,25?,30?/m1/s1. The zero-order valence-corrected chi connectivity index (χ0v) is 26.3. The Morgan fingerprint density at radius 2 is 1.87 bits per heavy atom. The van der Waals surface area contributed by atoms with Crippen molar-refractivity contribution in [3.05, 3.63) is 76.7 Å². The number of hydrogen-bond donors (Lipinski definition) is 1. The van der Waals surface area contributed by atoms with Crippen LogP contribution in [0.4, 0.5) is 0 Å². The van der Waals surface area contributed by atoms with Crippen molar-refractivity contribution in [3.63, 3.8) is 0 Å². The maximum Gasteiger partial charge on any atom is 0.255 e. The summed E-state index contributed by atoms with van der Waals surface area (Å²) in [6.07, 6.45) is 6.40. The van der Waals surface area contributed by atoms with Gasteiger partial charge in [-0.2, -0.15) is 0 Å². The van der Waals surface area contributed by atoms with Crippen LogP contribution in [-0.2, 0) is 13.6 Å². The molecule has 1 saturated heterocycles. The lowest BCUT2D eigenvalue weighted by Crippen LogP contribution is -2.38. The zero-order valence-electron chi connectivity index (χ0n) is 26.3. The van der Waals surface area contributed by atoms with Gasteiger partial charge in [-0.25, -0.2) is 9.97 Å². The number of nitrogens with one attached hydrogen (secondary N) is 1. The molecular weight excluding hydrogens is 576 g/mol. The van der Waals surface area contributed by atoms with Crippen molar-refractivity contribution in [1.82, 2.24) is 29.0 Å². The monoisotopic (exact) mass is 612 g/mol. The van der Waals surface area contributed by atoms with E-state index < -0.39 is 0 Å². The molecule has 2 aliphatic carbocycles. The van der Waals surface area contributed by atoms with E-state index in [2.05, 4.69) is 38.1 Å². The summed E-state index contributed by atoms with van der Waals surface area (Å²) >= 11 is 0. The summed E-state index contributed by atoms with van der Waals surface area (Å²) in [4.78, 5) is 41.2. The minimum Gasteiger partial charge on any atom is -0.494 e. The molecule has 1 amide bonds. The van der Waals surface area contributed by atoms with Gasteiger partial charge < -0.3 is 23.8 Å². The summed E-state index contributed by atoms with van der Waals surface area (Å²) in [7, 11) is 3.68. The van der Waals surface area contributed by atoms with E-state index in [4.69, 9.17) is 14.7 Å². The quantitative estimate of drug-likeness (QED) is 0.235. The number of carbonyl (C=O) groups is 1. The summed E-state index contributed by atoms with van der Waals surface area (Å²) in [5.74, 6) is 3.32. The summed E-state index contributed by atoms with van der Waals surface area (Å²) in [6, 6.07) is 18.3. The van der Waals surface area contributed by atoms with E-state index in [1.807, 2.05) is 49.5 Å². The van der Waals surface area contributed by atoms with Gasteiger partial charge in [0.25, 0.3) is 11.5 Å². The SMILES string of the molecule is COc1cc(C(=O)N2CC3CCC2[C@@H]3C)cc2nc(-c3cc4ccc(-c5ccc6c(=O)[nH]ccc6c5)nc4n3CC3CC3)n(C)c12. The van der Waals surface area contributed by atoms with Gasteiger partial charge in [0.2, 0.25) is 0 Å². The number of piperidine rings is 1. The van der Waals surface area contributed by atoms with Crippen LogP contribution < -0.4 is 10.3 Å². The molecule has 1 aliphatic heterocycles. The van der Waals surface area contributed by atoms with Crippen molar-refractivity contribution in [3.8, 4) is 28.5 Å². The predicted molar refractivity (Wildman–Crippen MR) is 179 cm³/mol. The van der Waals surface area contributed by atoms with Gasteiger partial charge in [0, 0.05) is 54.3 Å². The Balaban J connectivity index is 1.16. The number of H-pyrrole nitrogens is 1. The van der Waals surface area contributed by atoms with Gasteiger partial charge >= 0.3 is 0 Å². The Kier molecular flexibility index (Phi) is 5.98. The fourth-order valence-electron chi connectivity index (χ4n) is 8.10. The lowest BCUT2D eigenvalue weighted by molar-refractivity contribution is 0.0696. The molecule has 2 saturated carbocycles. The lowest BCUT2D eigenvalue weighted by Gasteiger charge is -2.27. The number of methoxy groups -OCH3 is 1. The number of hydrogen-bond acceptors (Lipinski definition) is 5. The number of aromatic nitrogens is 5. The van der Waals surface area contributed by atoms with Gasteiger partial charge in [0.05, 0.1) is 24.0 Å². The molecule has 2 unspecified atom stereocenters. The van der Waals surface area contributed by atoms with Gasteiger partial charge in [0.15, 0.2) is 5.82 Å². The van der Waals surface area contributed by atoms with E-state index in [0.717, 1.165) is 69.7 Å². The zero-order chi connectivity index (χ0) is 31.3. The Labute approximate surface area is 265 Å². The van der Waals surface area contributed by atoms with Crippen molar-refractivity contribution < 1.29 is 9.53 Å². The first kappa shape index (κ1) is 27.4. The third-order valence-electron chi connectivity index (χ3n) is 10.9. The van der Waals surface area contributed by atoms with E-state index in [-0.39, 0.29) is 11.5 Å². The molecule has 0 radical (unpaired) electrons. The van der Waals surface area contributed by atoms with Crippen LogP contribution in [0.1, 0.15) is 43.0 Å². The number of pyridine rings is 2. The molecule has 5 heterocycles. The number of benzene rings is 2. The van der Waals surface area contributed by atoms with Crippen molar-refractivity contribution in [2.24, 2.45) is 24.8 Å². The highest BCUT2D eigenvalue weighted by molar-refractivity contribution is 6.00. The Hall–Kier alpha value is -4.92. The highest BCUT2D eigenvalue weighted by atomic mass is 16.5. The van der Waals surface area contributed by atoms with E-state index in [1.54, 1.807) is 13.3 Å². The van der Waals surface area contributed by atoms with Gasteiger partial charge in [-0.1, -0.05) is 13.0 Å². The number of ether oxygens (including phenoxy) is 1. The number of likely N-dealkylation sites (tertiary alicyclic amines) is 1. The average Bonchev–Trinajstić information content (AvgIpc) is 3.47. The van der Waals surface area contributed by atoms with Crippen LogP contribution in [0, 0.1) is 17.8 Å². The molecular formula is C37H36N6O3. The van der Waals surface area contributed by atoms with Crippen LogP contribution in [0.15, 0.2) is 65.6 Å². The molecule has 3 atom stereocenters. The number of imidazole rings is 1. The van der Waals surface area contributed by atoms with Crippen LogP contribution in [0.5, 0.6) is 5.75 Å². The maximum atomic E-state index is 13.8. The number of aryl methyl sites for hydroxylation is 1. The maximum absolute atomic E-state index is 13.8. The van der Waals surface area contributed by atoms with Crippen LogP contribution >= 0.6 is 0 Å². The van der Waals surface area contributed by atoms with Crippen molar-refractivity contribution >= 4 is 38.7 Å². The largest absolute Gasteiger partial charge is 0.494 e. The summed E-state index contributed by atoms with van der Waals surface area (Å²) in [5, 5.41) is 2.59. The molecule has 2 bridgehead atoms. The number of fused-ring (bicyclic) bond motifs is 5. The topological polar surface area (TPSA) is 98.0 Å². The Morgan fingerprint density at radius 3 is 2.63 bits per heavy atom. The number of nitrogens with zero attached hydrogens (tertiary/aromatic N) is 5. The summed E-state index contributed by atoms with van der Waals surface area (Å²) in [5.41, 5.74) is 5.89. The van der Waals surface area contributed by atoms with Gasteiger partial charge in [-0.15, -0.1) is 0 Å². The van der Waals surface area contributed by atoms with E-state index in [1.165, 1.54) is 19.3 Å². The van der Waals surface area contributed by atoms with Gasteiger partial charge in [0.1, 0.15) is 16.9 Å². The second-order valence-corrected chi connectivity index (χ2v) is 13.6. The normalized spacial score (nSPS) is 20.8. The third kappa shape index (κ3) is 4.13. The average molecular weight is 613 g/mol. The van der Waals surface area contributed by atoms with Crippen LogP contribution in [0.3, 0.4) is 0 Å². The highest BCUT2D eigenvalue weighted by Gasteiger charge is 2.46. The molecule has 9 rings (SSSR count). The minimum atomic E-state index is -0.0939. The van der Waals surface area contributed by atoms with Crippen molar-refractivity contribution in [2.75, 3.05) is 13.7 Å². The van der Waals surface area contributed by atoms with Crippen LogP contribution in [0.25, 0.3) is 55.6 Å². The van der Waals surface area contributed by atoms with Gasteiger partial charge in [-0.3, -0.25) is 9.59 Å². The summed E-state index contributed by atoms with van der Waals surface area (Å²) < 4.78 is 10.3. The molecule has 9 nitrogen and oxygen atoms in total. The molecule has 3 aliphatic rings. The van der Waals surface area contributed by atoms with E-state index >= 15 is 0 Å². The first-order valence-electron chi connectivity index (χ1n) is 16.4. The second-order valence-electron chi connectivity index (χ2n) is 13.6. The molecule has 6 aromatic rings. The Bertz CT molecular complexity index is 2270. The fraction of sp³-hybridized carbons (Fsp3) is 0.351. The molecule has 9 heteroatoms. The van der Waals surface area contributed by atoms with Crippen LogP contribution in [-0.4, -0.2) is 54.6 Å². The smallest absolute Gasteiger partial charge is 0.255 e. The van der Waals surface area contributed by atoms with Crippen molar-refractivity contribution in [2.45, 2.75) is 45.2 Å². The molecule has 46 heavy (non-hydrogen) atoms. The molecule has 1 N–H and O–H groups in total. The van der Waals surface area contributed by atoms with Gasteiger partial charge in [-0.05, 0) is 97.4 Å². The first-order valence-corrected chi connectivity index (χ1v) is 16.4. The number of carbonyl (C=O) groups excluding carboxylic acids is 1. The highest BCUT2D eigenvalue weighted by Crippen LogP contribution is 2.44. The predicted octanol–water partition coefficient (Wildman–Crippen LogP) is 6.39. The third-order valence-corrected chi connectivity index (χ3v) is 10.9. The molecule has 0 spiro atoms. The molecule has 4 aromatic heterocycles. The first-order chi connectivity index (χ1) is 22.4. The lowest BCUT2D eigenvalue weighted by atomic mass is 10.0. The van der Waals surface area contributed by atoms with E-state index in [9.17, 15) is 9.59 Å².